The molecule has 0 saturated carbocycles. The first-order valence-corrected chi connectivity index (χ1v) is 7.44. The van der Waals surface area contributed by atoms with Crippen LogP contribution in [0.2, 0.25) is 5.02 Å². The summed E-state index contributed by atoms with van der Waals surface area (Å²) in [5, 5.41) is 3.07. The van der Waals surface area contributed by atoms with Crippen molar-refractivity contribution in [3.05, 3.63) is 83.4 Å². The minimum absolute atomic E-state index is 0.263. The monoisotopic (exact) mass is 342 g/mol. The Morgan fingerprint density at radius 3 is 2.42 bits per heavy atom. The van der Waals surface area contributed by atoms with Gasteiger partial charge in [0.25, 0.3) is 5.91 Å². The van der Waals surface area contributed by atoms with E-state index in [-0.39, 0.29) is 11.7 Å². The molecule has 4 nitrogen and oxygen atoms in total. The standard InChI is InChI=1S/C18H12ClFN2O2/c19-16-11-14(22-18(23)12-7-9-21-10-8-12)3-6-17(16)24-15-4-1-13(20)2-5-15/h1-11H,(H,22,23). The predicted octanol–water partition coefficient (Wildman–Crippen LogP) is 4.92. The van der Waals surface area contributed by atoms with Gasteiger partial charge in [0.05, 0.1) is 5.02 Å². The lowest BCUT2D eigenvalue weighted by Gasteiger charge is -2.10. The Morgan fingerprint density at radius 2 is 1.75 bits per heavy atom. The Hall–Kier alpha value is -2.92. The Morgan fingerprint density at radius 1 is 1.04 bits per heavy atom. The van der Waals surface area contributed by atoms with Crippen molar-refractivity contribution in [2.24, 2.45) is 0 Å². The number of hydrogen-bond donors (Lipinski definition) is 1. The first-order valence-electron chi connectivity index (χ1n) is 7.06. The summed E-state index contributed by atoms with van der Waals surface area (Å²) in [4.78, 5) is 15.9. The van der Waals surface area contributed by atoms with Gasteiger partial charge in [-0.05, 0) is 54.6 Å². The molecule has 3 rings (SSSR count). The van der Waals surface area contributed by atoms with Crippen molar-refractivity contribution in [3.63, 3.8) is 0 Å². The van der Waals surface area contributed by atoms with Gasteiger partial charge in [0.15, 0.2) is 0 Å². The smallest absolute Gasteiger partial charge is 0.255 e. The van der Waals surface area contributed by atoms with E-state index in [1.807, 2.05) is 0 Å². The Labute approximate surface area is 142 Å². The van der Waals surface area contributed by atoms with Crippen molar-refractivity contribution >= 4 is 23.2 Å². The second kappa shape index (κ2) is 7.10. The Balaban J connectivity index is 1.72. The zero-order chi connectivity index (χ0) is 16.9. The molecule has 0 saturated heterocycles. The predicted molar refractivity (Wildman–Crippen MR) is 90.1 cm³/mol. The molecule has 1 aromatic heterocycles. The molecule has 0 fully saturated rings. The Bertz CT molecular complexity index is 855. The van der Waals surface area contributed by atoms with E-state index in [2.05, 4.69) is 10.3 Å². The molecule has 6 heteroatoms. The molecule has 0 unspecified atom stereocenters. The average Bonchev–Trinajstić information content (AvgIpc) is 2.60. The van der Waals surface area contributed by atoms with Gasteiger partial charge in [-0.1, -0.05) is 11.6 Å². The molecule has 0 atom stereocenters. The highest BCUT2D eigenvalue weighted by Gasteiger charge is 2.09. The number of anilines is 1. The third-order valence-electron chi connectivity index (χ3n) is 3.17. The normalized spacial score (nSPS) is 10.2. The summed E-state index contributed by atoms with van der Waals surface area (Å²) >= 11 is 6.18. The van der Waals surface area contributed by atoms with Crippen molar-refractivity contribution in [2.45, 2.75) is 0 Å². The number of aromatic nitrogens is 1. The van der Waals surface area contributed by atoms with Crippen LogP contribution >= 0.6 is 11.6 Å². The number of carbonyl (C=O) groups is 1. The highest BCUT2D eigenvalue weighted by atomic mass is 35.5. The summed E-state index contributed by atoms with van der Waals surface area (Å²) in [5.74, 6) is 0.264. The highest BCUT2D eigenvalue weighted by molar-refractivity contribution is 6.32. The number of rotatable bonds is 4. The molecule has 24 heavy (non-hydrogen) atoms. The van der Waals surface area contributed by atoms with Gasteiger partial charge in [-0.2, -0.15) is 0 Å². The summed E-state index contributed by atoms with van der Waals surface area (Å²) in [6.07, 6.45) is 3.09. The molecular weight excluding hydrogens is 331 g/mol. The largest absolute Gasteiger partial charge is 0.456 e. The SMILES string of the molecule is O=C(Nc1ccc(Oc2ccc(F)cc2)c(Cl)c1)c1ccncc1. The maximum absolute atomic E-state index is 12.9. The van der Waals surface area contributed by atoms with Crippen molar-refractivity contribution in [1.82, 2.24) is 4.98 Å². The summed E-state index contributed by atoms with van der Waals surface area (Å²) in [6.45, 7) is 0. The molecule has 120 valence electrons. The number of ether oxygens (including phenoxy) is 1. The lowest BCUT2D eigenvalue weighted by molar-refractivity contribution is 0.102. The molecule has 1 amide bonds. The topological polar surface area (TPSA) is 51.2 Å². The van der Waals surface area contributed by atoms with Gasteiger partial charge in [-0.15, -0.1) is 0 Å². The number of hydrogen-bond acceptors (Lipinski definition) is 3. The zero-order valence-electron chi connectivity index (χ0n) is 12.4. The fourth-order valence-electron chi connectivity index (χ4n) is 2.00. The van der Waals surface area contributed by atoms with Crippen molar-refractivity contribution < 1.29 is 13.9 Å². The number of nitrogens with one attached hydrogen (secondary N) is 1. The third-order valence-corrected chi connectivity index (χ3v) is 3.47. The van der Waals surface area contributed by atoms with E-state index in [0.29, 0.717) is 27.8 Å². The van der Waals surface area contributed by atoms with Crippen molar-refractivity contribution in [2.75, 3.05) is 5.32 Å². The number of amides is 1. The molecule has 1 heterocycles. The van der Waals surface area contributed by atoms with Gasteiger partial charge in [0.2, 0.25) is 0 Å². The van der Waals surface area contributed by atoms with Gasteiger partial charge in [0, 0.05) is 23.6 Å². The fourth-order valence-corrected chi connectivity index (χ4v) is 2.22. The van der Waals surface area contributed by atoms with E-state index >= 15 is 0 Å². The quantitative estimate of drug-likeness (QED) is 0.732. The fraction of sp³-hybridized carbons (Fsp3) is 0. The van der Waals surface area contributed by atoms with Gasteiger partial charge >= 0.3 is 0 Å². The highest BCUT2D eigenvalue weighted by Crippen LogP contribution is 2.31. The van der Waals surface area contributed by atoms with E-state index in [9.17, 15) is 9.18 Å². The molecule has 0 radical (unpaired) electrons. The minimum atomic E-state index is -0.345. The molecule has 1 N–H and O–H groups in total. The van der Waals surface area contributed by atoms with E-state index in [1.54, 1.807) is 42.7 Å². The molecule has 0 aliphatic carbocycles. The van der Waals surface area contributed by atoms with Crippen LogP contribution in [0.1, 0.15) is 10.4 Å². The minimum Gasteiger partial charge on any atom is -0.456 e. The molecule has 0 bridgehead atoms. The van der Waals surface area contributed by atoms with Crippen LogP contribution in [0.25, 0.3) is 0 Å². The maximum Gasteiger partial charge on any atom is 0.255 e. The summed E-state index contributed by atoms with van der Waals surface area (Å²) < 4.78 is 18.5. The lowest BCUT2D eigenvalue weighted by atomic mass is 10.2. The van der Waals surface area contributed by atoms with Gasteiger partial charge in [-0.3, -0.25) is 9.78 Å². The average molecular weight is 343 g/mol. The van der Waals surface area contributed by atoms with Gasteiger partial charge in [0.1, 0.15) is 17.3 Å². The number of halogens is 2. The number of pyridine rings is 1. The number of carbonyl (C=O) groups excluding carboxylic acids is 1. The van der Waals surface area contributed by atoms with Crippen LogP contribution in [0.5, 0.6) is 11.5 Å². The summed E-state index contributed by atoms with van der Waals surface area (Å²) in [6, 6.07) is 13.7. The molecule has 0 aliphatic rings. The molecule has 0 aliphatic heterocycles. The van der Waals surface area contributed by atoms with Crippen molar-refractivity contribution in [1.29, 1.82) is 0 Å². The maximum atomic E-state index is 12.9. The molecule has 2 aromatic carbocycles. The van der Waals surface area contributed by atoms with Crippen LogP contribution in [0, 0.1) is 5.82 Å². The zero-order valence-corrected chi connectivity index (χ0v) is 13.1. The van der Waals surface area contributed by atoms with Gasteiger partial charge in [-0.25, -0.2) is 4.39 Å². The van der Waals surface area contributed by atoms with Crippen molar-refractivity contribution in [3.8, 4) is 11.5 Å². The number of benzene rings is 2. The van der Waals surface area contributed by atoms with Crippen LogP contribution in [-0.2, 0) is 0 Å². The lowest BCUT2D eigenvalue weighted by Crippen LogP contribution is -2.11. The summed E-state index contributed by atoms with van der Waals surface area (Å²) in [5.41, 5.74) is 1.03. The second-order valence-corrected chi connectivity index (χ2v) is 5.30. The van der Waals surface area contributed by atoms with Gasteiger partial charge < -0.3 is 10.1 Å². The third kappa shape index (κ3) is 3.88. The number of nitrogens with zero attached hydrogens (tertiary/aromatic N) is 1. The van der Waals surface area contributed by atoms with E-state index in [1.165, 1.54) is 24.3 Å². The molecular formula is C18H12ClFN2O2. The van der Waals surface area contributed by atoms with Crippen LogP contribution in [0.15, 0.2) is 67.0 Å². The first kappa shape index (κ1) is 16.0. The van der Waals surface area contributed by atoms with E-state index < -0.39 is 0 Å². The summed E-state index contributed by atoms with van der Waals surface area (Å²) in [7, 11) is 0. The van der Waals surface area contributed by atoms with Crippen LogP contribution in [0.3, 0.4) is 0 Å². The van der Waals surface area contributed by atoms with Crippen LogP contribution < -0.4 is 10.1 Å². The first-order chi connectivity index (χ1) is 11.6. The van der Waals surface area contributed by atoms with E-state index in [4.69, 9.17) is 16.3 Å². The molecule has 3 aromatic rings. The second-order valence-electron chi connectivity index (χ2n) is 4.89. The Kier molecular flexibility index (Phi) is 4.72. The van der Waals surface area contributed by atoms with Crippen LogP contribution in [0.4, 0.5) is 10.1 Å². The van der Waals surface area contributed by atoms with Crippen LogP contribution in [-0.4, -0.2) is 10.9 Å². The molecule has 0 spiro atoms. The van der Waals surface area contributed by atoms with E-state index in [0.717, 1.165) is 0 Å².